The topological polar surface area (TPSA) is 65.1 Å². The van der Waals surface area contributed by atoms with Crippen LogP contribution < -0.4 is 5.32 Å². The molecule has 1 aromatic carbocycles. The molecular formula is C27H41FN4O3. The molecule has 8 heteroatoms. The Bertz CT molecular complexity index is 877. The molecular weight excluding hydrogens is 447 g/mol. The second-order valence-corrected chi connectivity index (χ2v) is 10.9. The molecule has 35 heavy (non-hydrogen) atoms. The minimum absolute atomic E-state index is 0.0557. The zero-order valence-electron chi connectivity index (χ0n) is 21.8. The van der Waals surface area contributed by atoms with Crippen LogP contribution >= 0.6 is 0 Å². The summed E-state index contributed by atoms with van der Waals surface area (Å²) in [5.74, 6) is 0.109. The molecule has 1 aliphatic heterocycles. The van der Waals surface area contributed by atoms with E-state index in [1.165, 1.54) is 12.1 Å². The van der Waals surface area contributed by atoms with Gasteiger partial charge in [-0.3, -0.25) is 9.69 Å². The fourth-order valence-electron chi connectivity index (χ4n) is 4.60. The molecule has 0 radical (unpaired) electrons. The maximum Gasteiger partial charge on any atom is 0.408 e. The summed E-state index contributed by atoms with van der Waals surface area (Å²) >= 11 is 0. The van der Waals surface area contributed by atoms with E-state index in [-0.39, 0.29) is 11.7 Å². The smallest absolute Gasteiger partial charge is 0.408 e. The van der Waals surface area contributed by atoms with Gasteiger partial charge in [-0.25, -0.2) is 9.18 Å². The number of nitrogens with zero attached hydrogens (tertiary/aromatic N) is 3. The number of nitrogens with one attached hydrogen (secondary N) is 1. The van der Waals surface area contributed by atoms with Gasteiger partial charge in [0.2, 0.25) is 5.91 Å². The van der Waals surface area contributed by atoms with E-state index in [2.05, 4.69) is 21.7 Å². The van der Waals surface area contributed by atoms with Crippen molar-refractivity contribution in [3.05, 3.63) is 48.3 Å². The SMILES string of the molecule is C=CCN(CCC[C@@H](NC(=O)OC(C)(C)C)C(=O)N1CC(N(C)C)C1)[C@H]1C[C@H]1c1ccc(F)cc1. The van der Waals surface area contributed by atoms with Crippen molar-refractivity contribution in [3.8, 4) is 0 Å². The maximum atomic E-state index is 13.3. The molecule has 3 atom stereocenters. The van der Waals surface area contributed by atoms with Crippen molar-refractivity contribution in [1.29, 1.82) is 0 Å². The highest BCUT2D eigenvalue weighted by Crippen LogP contribution is 2.44. The van der Waals surface area contributed by atoms with Crippen molar-refractivity contribution < 1.29 is 18.7 Å². The number of likely N-dealkylation sites (tertiary alicyclic amines) is 1. The van der Waals surface area contributed by atoms with E-state index in [1.807, 2.05) is 32.3 Å². The Morgan fingerprint density at radius 2 is 1.91 bits per heavy atom. The highest BCUT2D eigenvalue weighted by Gasteiger charge is 2.42. The normalized spacial score (nSPS) is 21.0. The monoisotopic (exact) mass is 488 g/mol. The predicted octanol–water partition coefficient (Wildman–Crippen LogP) is 3.62. The highest BCUT2D eigenvalue weighted by molar-refractivity contribution is 5.86. The lowest BCUT2D eigenvalue weighted by Gasteiger charge is -2.44. The maximum absolute atomic E-state index is 13.3. The Labute approximate surface area is 209 Å². The zero-order chi connectivity index (χ0) is 25.8. The van der Waals surface area contributed by atoms with Crippen molar-refractivity contribution in [2.45, 2.75) is 69.7 Å². The molecule has 2 amide bonds. The van der Waals surface area contributed by atoms with Crippen LogP contribution in [0.15, 0.2) is 36.9 Å². The summed E-state index contributed by atoms with van der Waals surface area (Å²) in [6.07, 6.45) is 3.63. The molecule has 7 nitrogen and oxygen atoms in total. The van der Waals surface area contributed by atoms with Crippen LogP contribution in [-0.4, -0.2) is 90.7 Å². The fraction of sp³-hybridized carbons (Fsp3) is 0.630. The number of alkyl carbamates (subject to hydrolysis) is 1. The second kappa shape index (κ2) is 11.5. The Morgan fingerprint density at radius 1 is 1.26 bits per heavy atom. The molecule has 1 saturated carbocycles. The van der Waals surface area contributed by atoms with Crippen LogP contribution in [0.4, 0.5) is 9.18 Å². The Kier molecular flexibility index (Phi) is 8.94. The Hall–Kier alpha value is -2.45. The van der Waals surface area contributed by atoms with E-state index in [0.717, 1.165) is 31.5 Å². The number of hydrogen-bond acceptors (Lipinski definition) is 5. The van der Waals surface area contributed by atoms with Crippen molar-refractivity contribution in [2.24, 2.45) is 0 Å². The lowest BCUT2D eigenvalue weighted by Crippen LogP contribution is -2.63. The van der Waals surface area contributed by atoms with Gasteiger partial charge in [0.1, 0.15) is 17.5 Å². The molecule has 1 N–H and O–H groups in total. The van der Waals surface area contributed by atoms with E-state index in [9.17, 15) is 14.0 Å². The first-order valence-electron chi connectivity index (χ1n) is 12.5. The Balaban J connectivity index is 1.57. The summed E-state index contributed by atoms with van der Waals surface area (Å²) in [6, 6.07) is 6.85. The third-order valence-electron chi connectivity index (χ3n) is 6.72. The van der Waals surface area contributed by atoms with Gasteiger partial charge in [-0.15, -0.1) is 6.58 Å². The summed E-state index contributed by atoms with van der Waals surface area (Å²) in [5.41, 5.74) is 0.519. The van der Waals surface area contributed by atoms with E-state index >= 15 is 0 Å². The second-order valence-electron chi connectivity index (χ2n) is 10.9. The van der Waals surface area contributed by atoms with E-state index < -0.39 is 17.7 Å². The molecule has 1 aromatic rings. The quantitative estimate of drug-likeness (QED) is 0.482. The number of rotatable bonds is 11. The van der Waals surface area contributed by atoms with E-state index in [0.29, 0.717) is 37.5 Å². The van der Waals surface area contributed by atoms with Gasteiger partial charge in [-0.1, -0.05) is 18.2 Å². The number of carbonyl (C=O) groups is 2. The van der Waals surface area contributed by atoms with Crippen LogP contribution in [0, 0.1) is 5.82 Å². The predicted molar refractivity (Wildman–Crippen MR) is 136 cm³/mol. The molecule has 0 bridgehead atoms. The number of likely N-dealkylation sites (N-methyl/N-ethyl adjacent to an activating group) is 1. The van der Waals surface area contributed by atoms with Crippen LogP contribution in [0.5, 0.6) is 0 Å². The van der Waals surface area contributed by atoms with E-state index in [1.54, 1.807) is 25.7 Å². The molecule has 2 fully saturated rings. The molecule has 3 rings (SSSR count). The van der Waals surface area contributed by atoms with Crippen LogP contribution in [0.3, 0.4) is 0 Å². The summed E-state index contributed by atoms with van der Waals surface area (Å²) in [5, 5.41) is 2.82. The van der Waals surface area contributed by atoms with E-state index in [4.69, 9.17) is 4.74 Å². The summed E-state index contributed by atoms with van der Waals surface area (Å²) in [6.45, 7) is 12.2. The largest absolute Gasteiger partial charge is 0.444 e. The highest BCUT2D eigenvalue weighted by atomic mass is 19.1. The van der Waals surface area contributed by atoms with Gasteiger partial charge < -0.3 is 19.9 Å². The van der Waals surface area contributed by atoms with Gasteiger partial charge in [-0.2, -0.15) is 0 Å². The molecule has 194 valence electrons. The van der Waals surface area contributed by atoms with Gasteiger partial charge in [0.15, 0.2) is 0 Å². The average Bonchev–Trinajstić information content (AvgIpc) is 3.50. The minimum atomic E-state index is -0.632. The molecule has 0 unspecified atom stereocenters. The Morgan fingerprint density at radius 3 is 2.49 bits per heavy atom. The van der Waals surface area contributed by atoms with Gasteiger partial charge in [0, 0.05) is 37.6 Å². The first kappa shape index (κ1) is 27.1. The van der Waals surface area contributed by atoms with Crippen LogP contribution in [0.1, 0.15) is 51.5 Å². The van der Waals surface area contributed by atoms with Crippen LogP contribution in [0.2, 0.25) is 0 Å². The summed E-state index contributed by atoms with van der Waals surface area (Å²) < 4.78 is 18.7. The van der Waals surface area contributed by atoms with Crippen molar-refractivity contribution in [2.75, 3.05) is 40.3 Å². The number of carbonyl (C=O) groups excluding carboxylic acids is 2. The molecule has 1 saturated heterocycles. The molecule has 0 aromatic heterocycles. The summed E-state index contributed by atoms with van der Waals surface area (Å²) in [7, 11) is 4.02. The summed E-state index contributed by atoms with van der Waals surface area (Å²) in [4.78, 5) is 31.9. The minimum Gasteiger partial charge on any atom is -0.444 e. The number of benzene rings is 1. The van der Waals surface area contributed by atoms with Crippen LogP contribution in [-0.2, 0) is 9.53 Å². The lowest BCUT2D eigenvalue weighted by molar-refractivity contribution is -0.140. The first-order chi connectivity index (χ1) is 16.5. The fourth-order valence-corrected chi connectivity index (χ4v) is 4.60. The third kappa shape index (κ3) is 7.77. The first-order valence-corrected chi connectivity index (χ1v) is 12.5. The molecule has 0 spiro atoms. The van der Waals surface area contributed by atoms with Gasteiger partial charge in [-0.05, 0) is 78.4 Å². The zero-order valence-corrected chi connectivity index (χ0v) is 21.8. The average molecular weight is 489 g/mol. The molecule has 2 aliphatic rings. The lowest BCUT2D eigenvalue weighted by atomic mass is 10.0. The third-order valence-corrected chi connectivity index (χ3v) is 6.72. The number of hydrogen-bond donors (Lipinski definition) is 1. The molecule has 1 aliphatic carbocycles. The van der Waals surface area contributed by atoms with Crippen molar-refractivity contribution >= 4 is 12.0 Å². The van der Waals surface area contributed by atoms with Crippen molar-refractivity contribution in [1.82, 2.24) is 20.0 Å². The molecule has 1 heterocycles. The van der Waals surface area contributed by atoms with Gasteiger partial charge in [0.05, 0.1) is 0 Å². The number of ether oxygens (including phenoxy) is 1. The van der Waals surface area contributed by atoms with Gasteiger partial charge in [0.25, 0.3) is 0 Å². The van der Waals surface area contributed by atoms with Gasteiger partial charge >= 0.3 is 6.09 Å². The number of halogens is 1. The number of amides is 2. The van der Waals surface area contributed by atoms with Crippen molar-refractivity contribution in [3.63, 3.8) is 0 Å². The van der Waals surface area contributed by atoms with Crippen LogP contribution in [0.25, 0.3) is 0 Å². The standard InChI is InChI=1S/C27H41FN4O3/c1-7-14-31(24-16-22(24)19-10-12-20(28)13-11-19)15-8-9-23(29-26(34)35-27(2,3)4)25(33)32-17-21(18-32)30(5)6/h7,10-13,21-24H,1,8-9,14-18H2,2-6H3,(H,29,34)/t22-,23+,24-/m0/s1.